The average molecular weight is 1050 g/mol. The minimum absolute atomic E-state index is 0.0589. The van der Waals surface area contributed by atoms with Crippen LogP contribution in [0.5, 0.6) is 0 Å². The Morgan fingerprint density at radius 2 is 1.23 bits per heavy atom. The molecular weight excluding hydrogens is 965 g/mol. The van der Waals surface area contributed by atoms with Crippen molar-refractivity contribution in [1.82, 2.24) is 0 Å². The van der Waals surface area contributed by atoms with Gasteiger partial charge in [-0.1, -0.05) is 39.3 Å². The minimum Gasteiger partial charge on any atom is -0.394 e. The lowest BCUT2D eigenvalue weighted by molar-refractivity contribution is -0.388. The molecule has 31 atom stereocenters. The average Bonchev–Trinajstić information content (AvgIpc) is 3.80. The Hall–Kier alpha value is -1.14. The van der Waals surface area contributed by atoms with Crippen molar-refractivity contribution in [2.24, 2.45) is 46.3 Å². The second-order valence-electron chi connectivity index (χ2n) is 23.8. The number of aliphatic hydroxyl groups excluding tert-OH is 12. The van der Waals surface area contributed by atoms with Gasteiger partial charge in [0.2, 0.25) is 0 Å². The largest absolute Gasteiger partial charge is 0.394 e. The number of ether oxygens (including phenoxy) is 9. The van der Waals surface area contributed by atoms with Crippen LogP contribution in [0.3, 0.4) is 0 Å². The molecule has 0 aromatic heterocycles. The molecule has 73 heavy (non-hydrogen) atoms. The van der Waals surface area contributed by atoms with Crippen molar-refractivity contribution in [1.29, 1.82) is 0 Å². The molecule has 3 saturated carbocycles. The van der Waals surface area contributed by atoms with E-state index in [9.17, 15) is 66.4 Å². The maximum atomic E-state index is 12.1. The topological polar surface area (TPSA) is 346 Å². The monoisotopic (exact) mass is 1050 g/mol. The van der Waals surface area contributed by atoms with Crippen LogP contribution in [0.25, 0.3) is 0 Å². The highest BCUT2D eigenvalue weighted by Gasteiger charge is 2.68. The van der Waals surface area contributed by atoms with Crippen molar-refractivity contribution in [2.45, 2.75) is 240 Å². The predicted octanol–water partition coefficient (Wildman–Crippen LogP) is -1.98. The molecule has 22 heteroatoms. The summed E-state index contributed by atoms with van der Waals surface area (Å²) < 4.78 is 54.6. The van der Waals surface area contributed by atoms with Crippen LogP contribution in [0.4, 0.5) is 0 Å². The number of rotatable bonds is 14. The van der Waals surface area contributed by atoms with E-state index in [1.165, 1.54) is 19.4 Å². The van der Waals surface area contributed by atoms with Crippen molar-refractivity contribution in [3.8, 4) is 0 Å². The third-order valence-corrected chi connectivity index (χ3v) is 19.5. The van der Waals surface area contributed by atoms with Crippen molar-refractivity contribution < 1.29 is 109 Å². The molecule has 0 bridgehead atoms. The molecule has 5 heterocycles. The third kappa shape index (κ3) is 10.2. The van der Waals surface area contributed by atoms with Crippen LogP contribution in [-0.4, -0.2) is 227 Å². The first-order valence-electron chi connectivity index (χ1n) is 26.8. The van der Waals surface area contributed by atoms with Gasteiger partial charge in [-0.2, -0.15) is 0 Å². The van der Waals surface area contributed by atoms with Gasteiger partial charge < -0.3 is 109 Å². The van der Waals surface area contributed by atoms with Crippen LogP contribution in [0.15, 0.2) is 11.6 Å². The first kappa shape index (κ1) is 56.6. The lowest BCUT2D eigenvalue weighted by atomic mass is 9.47. The molecule has 13 N–H and O–H groups in total. The van der Waals surface area contributed by atoms with Gasteiger partial charge in [0.25, 0.3) is 0 Å². The zero-order valence-electron chi connectivity index (χ0n) is 42.7. The molecule has 5 aliphatic heterocycles. The SMILES string of the molecule is C[C@H](CC[C@@]1(O)O[C@H]2C[C@H]3[C@@H]4CC=C5C[C@@H](O[C@@H]6O[C@H](CO)[C@@H](O[C@@H]7O[C@@H](C)[C@H](O)[C@@H](O)[C@H]7O)[C@H](O)[C@H]6O[C@H]6O[C@H](C)[C@@H](O)[C@H](O)[C@@H]6O)CC[C@]5(C)[C@H]4CC[C@]3(C)[C@H]2[C@@H]1C)CO[C@@H]1O[C@H](CO)[C@@H](O)[C@H](O)[C@H]1O. The normalized spacial score (nSPS) is 55.5. The Morgan fingerprint density at radius 3 is 1.86 bits per heavy atom. The van der Waals surface area contributed by atoms with Crippen LogP contribution in [0.1, 0.15) is 99.3 Å². The highest BCUT2D eigenvalue weighted by atomic mass is 16.8. The van der Waals surface area contributed by atoms with E-state index in [-0.39, 0.29) is 41.3 Å². The molecule has 0 unspecified atom stereocenters. The van der Waals surface area contributed by atoms with Gasteiger partial charge >= 0.3 is 0 Å². The Balaban J connectivity index is 0.846. The second kappa shape index (κ2) is 21.8. The van der Waals surface area contributed by atoms with Crippen molar-refractivity contribution in [3.63, 3.8) is 0 Å². The van der Waals surface area contributed by atoms with Gasteiger partial charge in [-0.25, -0.2) is 0 Å². The fourth-order valence-electron chi connectivity index (χ4n) is 14.9. The van der Waals surface area contributed by atoms with Gasteiger partial charge in [0.1, 0.15) is 85.5 Å². The molecule has 0 spiro atoms. The summed E-state index contributed by atoms with van der Waals surface area (Å²) in [6.45, 7) is 10.7. The van der Waals surface area contributed by atoms with Crippen molar-refractivity contribution in [2.75, 3.05) is 19.8 Å². The molecule has 8 fully saturated rings. The zero-order valence-corrected chi connectivity index (χ0v) is 42.7. The van der Waals surface area contributed by atoms with Gasteiger partial charge in [-0.05, 0) is 106 Å². The Bertz CT molecular complexity index is 1900. The summed E-state index contributed by atoms with van der Waals surface area (Å²) in [5.74, 6) is -0.232. The summed E-state index contributed by atoms with van der Waals surface area (Å²) in [6.07, 6.45) is -20.5. The quantitative estimate of drug-likeness (QED) is 0.0839. The number of fused-ring (bicyclic) bond motifs is 7. The molecule has 22 nitrogen and oxygen atoms in total. The molecule has 4 aliphatic carbocycles. The lowest BCUT2D eigenvalue weighted by Crippen LogP contribution is -2.66. The highest BCUT2D eigenvalue weighted by Crippen LogP contribution is 2.70. The summed E-state index contributed by atoms with van der Waals surface area (Å²) >= 11 is 0. The molecule has 0 aromatic carbocycles. The first-order chi connectivity index (χ1) is 34.5. The molecule has 0 aromatic rings. The van der Waals surface area contributed by atoms with E-state index < -0.39 is 148 Å². The summed E-state index contributed by atoms with van der Waals surface area (Å²) in [5.41, 5.74) is 1.07. The van der Waals surface area contributed by atoms with E-state index in [1.54, 1.807) is 0 Å². The van der Waals surface area contributed by atoms with Crippen LogP contribution in [0.2, 0.25) is 0 Å². The fraction of sp³-hybridized carbons (Fsp3) is 0.961. The molecule has 9 rings (SSSR count). The molecular formula is C51H84O22. The fourth-order valence-corrected chi connectivity index (χ4v) is 14.9. The summed E-state index contributed by atoms with van der Waals surface area (Å²) in [7, 11) is 0. The standard InChI is InChI=1S/C51H84O22/c1-20(19-65-45-39(60)38(59)35(56)30(17-52)69-45)9-14-51(64)21(2)32-29(73-51)16-28-26-8-7-24-15-25(10-12-49(24,5)27(26)11-13-50(28,32)6)68-48-44(72-47-41(62)37(58)34(55)23(4)67-47)42(63)43(31(18-53)70-48)71-46-40(61)36(57)33(54)22(3)66-46/h7,20-23,25-48,52-64H,8-19H2,1-6H3/t20-,21+,22+,23-,25+,26-,27+,28+,29+,30-,31-,32+,33+,34-,35-,36-,37+,38+,39-,40-,41+,42+,43-,44-,45-,46+,47-,48-,49+,50+,51-/m1/s1. The second-order valence-corrected chi connectivity index (χ2v) is 23.8. The van der Waals surface area contributed by atoms with Gasteiger partial charge in [0, 0.05) is 12.3 Å². The van der Waals surface area contributed by atoms with E-state index >= 15 is 0 Å². The minimum atomic E-state index is -1.75. The Kier molecular flexibility index (Phi) is 16.9. The van der Waals surface area contributed by atoms with E-state index in [4.69, 9.17) is 42.6 Å². The van der Waals surface area contributed by atoms with Gasteiger partial charge in [0.05, 0.1) is 44.2 Å². The lowest BCUT2D eigenvalue weighted by Gasteiger charge is -2.58. The van der Waals surface area contributed by atoms with Crippen LogP contribution < -0.4 is 0 Å². The summed E-state index contributed by atoms with van der Waals surface area (Å²) in [5, 5.41) is 139. The smallest absolute Gasteiger partial charge is 0.187 e. The van der Waals surface area contributed by atoms with E-state index in [0.29, 0.717) is 43.4 Å². The molecule has 0 amide bonds. The van der Waals surface area contributed by atoms with Crippen molar-refractivity contribution >= 4 is 0 Å². The molecule has 420 valence electrons. The van der Waals surface area contributed by atoms with Gasteiger partial charge in [-0.3, -0.25) is 0 Å². The highest BCUT2D eigenvalue weighted by molar-refractivity contribution is 5.26. The first-order valence-corrected chi connectivity index (χ1v) is 26.8. The maximum Gasteiger partial charge on any atom is 0.187 e. The molecule has 9 aliphatic rings. The number of hydrogen-bond donors (Lipinski definition) is 13. The summed E-state index contributed by atoms with van der Waals surface area (Å²) in [4.78, 5) is 0. The third-order valence-electron chi connectivity index (χ3n) is 19.5. The molecule has 5 saturated heterocycles. The maximum absolute atomic E-state index is 12.1. The van der Waals surface area contributed by atoms with E-state index in [0.717, 1.165) is 32.1 Å². The zero-order chi connectivity index (χ0) is 52.8. The van der Waals surface area contributed by atoms with Gasteiger partial charge in [0.15, 0.2) is 30.9 Å². The Labute approximate surface area is 426 Å². The number of aliphatic hydroxyl groups is 13. The summed E-state index contributed by atoms with van der Waals surface area (Å²) in [6, 6.07) is 0. The van der Waals surface area contributed by atoms with Crippen LogP contribution >= 0.6 is 0 Å². The van der Waals surface area contributed by atoms with Crippen LogP contribution in [-0.2, 0) is 42.6 Å². The Morgan fingerprint density at radius 1 is 0.644 bits per heavy atom. The number of hydrogen-bond acceptors (Lipinski definition) is 22. The number of allylic oxidation sites excluding steroid dienone is 1. The molecule has 0 radical (unpaired) electrons. The van der Waals surface area contributed by atoms with Gasteiger partial charge in [-0.15, -0.1) is 0 Å². The predicted molar refractivity (Wildman–Crippen MR) is 249 cm³/mol. The van der Waals surface area contributed by atoms with Crippen molar-refractivity contribution in [3.05, 3.63) is 11.6 Å². The van der Waals surface area contributed by atoms with Crippen LogP contribution in [0, 0.1) is 46.3 Å². The van der Waals surface area contributed by atoms with E-state index in [2.05, 4.69) is 26.8 Å². The van der Waals surface area contributed by atoms with E-state index in [1.807, 2.05) is 6.92 Å².